The molecule has 2 amide bonds. The number of fused-ring (bicyclic) bond motifs is 1. The Morgan fingerprint density at radius 2 is 1.52 bits per heavy atom. The van der Waals surface area contributed by atoms with E-state index in [1.54, 1.807) is 0 Å². The number of amides is 2. The molecule has 0 bridgehead atoms. The number of ether oxygens (including phenoxy) is 1. The van der Waals surface area contributed by atoms with Crippen molar-refractivity contribution < 1.29 is 80.5 Å². The minimum Gasteiger partial charge on any atom is -0.386 e. The zero-order valence-electron chi connectivity index (χ0n) is 39.3. The molecule has 28 heteroatoms. The first kappa shape index (κ1) is 60.3. The lowest BCUT2D eigenvalue weighted by Crippen LogP contribution is -2.46. The fourth-order valence-corrected chi connectivity index (χ4v) is 10.4. The highest BCUT2D eigenvalue weighted by Gasteiger charge is 2.50. The number of nitrogens with two attached hydrogens (primary N) is 1. The molecule has 3 rings (SSSR count). The number of aliphatic hydroxyl groups is 2. The Hall–Kier alpha value is -2.96. The normalized spacial score (nSPS) is 20.1. The first-order chi connectivity index (χ1) is 32.6. The van der Waals surface area contributed by atoms with Crippen LogP contribution >= 0.6 is 35.2 Å². The number of carbonyl (C=O) groups is 3. The summed E-state index contributed by atoms with van der Waals surface area (Å²) in [5, 5.41) is 26.7. The molecule has 0 aliphatic carbocycles. The predicted molar refractivity (Wildman–Crippen MR) is 256 cm³/mol. The highest BCUT2D eigenvalue weighted by molar-refractivity contribution is 8.13. The molecule has 69 heavy (non-hydrogen) atoms. The van der Waals surface area contributed by atoms with Crippen LogP contribution in [0, 0.1) is 5.41 Å². The van der Waals surface area contributed by atoms with E-state index in [1.807, 2.05) is 0 Å². The molecule has 7 atom stereocenters. The first-order valence-corrected chi connectivity index (χ1v) is 28.4. The van der Waals surface area contributed by atoms with Gasteiger partial charge in [-0.15, -0.1) is 0 Å². The summed E-state index contributed by atoms with van der Waals surface area (Å²) < 4.78 is 62.5. The van der Waals surface area contributed by atoms with Gasteiger partial charge in [0.05, 0.1) is 19.5 Å². The van der Waals surface area contributed by atoms with E-state index in [0.29, 0.717) is 12.2 Å². The SMILES string of the molecule is CCCCCC=CCC=CCCCCCCCCCC(=O)SCCNC(=O)CCNC(=O)C(O)C(C)(C)COP(=O)(O)OP(=O)(O)OCC1OC(n2cnc3c(N)ncnc32)C(O)C1OP(=O)(O)O. The van der Waals surface area contributed by atoms with Gasteiger partial charge in [0.2, 0.25) is 11.8 Å². The van der Waals surface area contributed by atoms with E-state index < -0.39 is 84.6 Å². The summed E-state index contributed by atoms with van der Waals surface area (Å²) in [6, 6.07) is 0. The van der Waals surface area contributed by atoms with Crippen molar-refractivity contribution in [2.45, 2.75) is 148 Å². The Kier molecular flexibility index (Phi) is 26.4. The van der Waals surface area contributed by atoms with E-state index in [1.165, 1.54) is 58.8 Å². The molecule has 0 aromatic carbocycles. The first-order valence-electron chi connectivity index (χ1n) is 22.9. The predicted octanol–water partition coefficient (Wildman–Crippen LogP) is 5.26. The summed E-state index contributed by atoms with van der Waals surface area (Å²) in [5.74, 6) is -1.04. The molecule has 1 saturated heterocycles. The Bertz CT molecular complexity index is 2130. The van der Waals surface area contributed by atoms with Crippen molar-refractivity contribution >= 4 is 69.1 Å². The summed E-state index contributed by atoms with van der Waals surface area (Å²) in [7, 11) is -16.4. The zero-order chi connectivity index (χ0) is 51.1. The van der Waals surface area contributed by atoms with E-state index in [-0.39, 0.29) is 41.6 Å². The number of hydrogen-bond donors (Lipinski definition) is 9. The molecule has 1 aliphatic heterocycles. The van der Waals surface area contributed by atoms with Crippen LogP contribution in [-0.4, -0.2) is 123 Å². The van der Waals surface area contributed by atoms with Gasteiger partial charge >= 0.3 is 23.5 Å². The average Bonchev–Trinajstić information content (AvgIpc) is 3.84. The Balaban J connectivity index is 1.28. The third-order valence-corrected chi connectivity index (χ3v) is 14.6. The maximum absolute atomic E-state index is 12.7. The van der Waals surface area contributed by atoms with Crippen LogP contribution in [0.1, 0.15) is 123 Å². The Morgan fingerprint density at radius 1 is 0.884 bits per heavy atom. The number of aliphatic hydroxyl groups excluding tert-OH is 2. The molecule has 10 N–H and O–H groups in total. The van der Waals surface area contributed by atoms with Crippen LogP contribution in [-0.2, 0) is 50.7 Å². The summed E-state index contributed by atoms with van der Waals surface area (Å²) in [6.45, 7) is 2.78. The van der Waals surface area contributed by atoms with E-state index >= 15 is 0 Å². The Morgan fingerprint density at radius 3 is 2.19 bits per heavy atom. The smallest absolute Gasteiger partial charge is 0.386 e. The van der Waals surface area contributed by atoms with Crippen molar-refractivity contribution in [1.29, 1.82) is 0 Å². The van der Waals surface area contributed by atoms with Gasteiger partial charge in [0.25, 0.3) is 0 Å². The number of thioether (sulfide) groups is 1. The number of nitrogen functional groups attached to an aromatic ring is 1. The van der Waals surface area contributed by atoms with Gasteiger partial charge in [-0.25, -0.2) is 28.6 Å². The number of phosphoric ester groups is 3. The highest BCUT2D eigenvalue weighted by Crippen LogP contribution is 2.61. The van der Waals surface area contributed by atoms with Gasteiger partial charge in [-0.2, -0.15) is 4.31 Å². The van der Waals surface area contributed by atoms with Crippen LogP contribution in [0.15, 0.2) is 37.0 Å². The van der Waals surface area contributed by atoms with Gasteiger partial charge in [0, 0.05) is 37.1 Å². The number of nitrogens with one attached hydrogen (secondary N) is 2. The molecule has 2 aromatic rings. The van der Waals surface area contributed by atoms with E-state index in [0.717, 1.165) is 67.5 Å². The summed E-state index contributed by atoms with van der Waals surface area (Å²) in [4.78, 5) is 88.4. The van der Waals surface area contributed by atoms with E-state index in [4.69, 9.17) is 19.5 Å². The fraction of sp³-hybridized carbons (Fsp3) is 0.707. The number of rotatable bonds is 35. The van der Waals surface area contributed by atoms with Crippen LogP contribution in [0.2, 0.25) is 0 Å². The van der Waals surface area contributed by atoms with Crippen molar-refractivity contribution in [3.8, 4) is 0 Å². The topological polar surface area (TPSA) is 364 Å². The summed E-state index contributed by atoms with van der Waals surface area (Å²) >= 11 is 1.15. The molecule has 1 aliphatic rings. The van der Waals surface area contributed by atoms with Crippen molar-refractivity contribution in [3.63, 3.8) is 0 Å². The van der Waals surface area contributed by atoms with Crippen LogP contribution in [0.3, 0.4) is 0 Å². The number of allylic oxidation sites excluding steroid dienone is 4. The quantitative estimate of drug-likeness (QED) is 0.0241. The van der Waals surface area contributed by atoms with Crippen LogP contribution < -0.4 is 16.4 Å². The lowest BCUT2D eigenvalue weighted by atomic mass is 9.87. The largest absolute Gasteiger partial charge is 0.481 e. The van der Waals surface area contributed by atoms with Gasteiger partial charge < -0.3 is 50.9 Å². The average molecular weight is 1060 g/mol. The van der Waals surface area contributed by atoms with Crippen LogP contribution in [0.25, 0.3) is 11.2 Å². The minimum atomic E-state index is -5.58. The highest BCUT2D eigenvalue weighted by atomic mass is 32.2. The lowest BCUT2D eigenvalue weighted by Gasteiger charge is -2.30. The van der Waals surface area contributed by atoms with Crippen molar-refractivity contribution in [2.24, 2.45) is 5.41 Å². The number of imidazole rings is 1. The van der Waals surface area contributed by atoms with Gasteiger partial charge in [0.1, 0.15) is 36.3 Å². The molecule has 3 heterocycles. The molecule has 24 nitrogen and oxygen atoms in total. The zero-order valence-corrected chi connectivity index (χ0v) is 42.8. The molecule has 1 fully saturated rings. The molecule has 0 spiro atoms. The molecule has 7 unspecified atom stereocenters. The Labute approximate surface area is 406 Å². The second-order valence-corrected chi connectivity index (χ2v) is 22.4. The molecule has 2 aromatic heterocycles. The minimum absolute atomic E-state index is 0.0327. The van der Waals surface area contributed by atoms with Gasteiger partial charge in [-0.1, -0.05) is 102 Å². The second kappa shape index (κ2) is 30.2. The second-order valence-electron chi connectivity index (χ2n) is 17.0. The monoisotopic (exact) mass is 1060 g/mol. The molecule has 0 saturated carbocycles. The summed E-state index contributed by atoms with van der Waals surface area (Å²) in [6.07, 6.45) is 17.4. The number of unbranched alkanes of at least 4 members (excludes halogenated alkanes) is 10. The number of aromatic nitrogens is 4. The summed E-state index contributed by atoms with van der Waals surface area (Å²) in [5.41, 5.74) is 4.29. The number of hydrogen-bond acceptors (Lipinski definition) is 18. The van der Waals surface area contributed by atoms with Crippen molar-refractivity contribution in [1.82, 2.24) is 30.2 Å². The van der Waals surface area contributed by atoms with Gasteiger partial charge in [-0.05, 0) is 38.5 Å². The number of anilines is 1. The number of carbonyl (C=O) groups excluding carboxylic acids is 3. The third kappa shape index (κ3) is 23.0. The third-order valence-electron chi connectivity index (χ3n) is 10.6. The molecule has 392 valence electrons. The van der Waals surface area contributed by atoms with E-state index in [2.05, 4.69) is 65.6 Å². The van der Waals surface area contributed by atoms with Gasteiger partial charge in [0.15, 0.2) is 22.8 Å². The van der Waals surface area contributed by atoms with E-state index in [9.17, 15) is 57.9 Å². The molecule has 0 radical (unpaired) electrons. The maximum atomic E-state index is 12.7. The molecular formula is C41H70N7O17P3S. The van der Waals surface area contributed by atoms with Gasteiger partial charge in [-0.3, -0.25) is 32.5 Å². The maximum Gasteiger partial charge on any atom is 0.481 e. The standard InChI is InChI=1S/C41H70N7O17P3S/c1-4-5-6-7-8-9-10-11-12-13-14-15-16-17-18-19-20-21-32(50)69-25-24-43-31(49)22-23-44-39(53)36(52)41(2,3)27-62-68(59,60)65-67(57,58)61-26-30-35(64-66(54,55)56)34(51)40(63-30)48-29-47-33-37(42)45-28-46-38(33)48/h8-9,11-12,28-30,34-36,40,51-52H,4-7,10,13-27H2,1-3H3,(H,43,49)(H,44,53)(H,57,58)(H,59,60)(H2,42,45,46)(H2,54,55,56). The number of nitrogens with zero attached hydrogens (tertiary/aromatic N) is 4. The lowest BCUT2D eigenvalue weighted by molar-refractivity contribution is -0.137. The van der Waals surface area contributed by atoms with Crippen molar-refractivity contribution in [2.75, 3.05) is 37.8 Å². The van der Waals surface area contributed by atoms with Crippen LogP contribution in [0.4, 0.5) is 5.82 Å². The van der Waals surface area contributed by atoms with Crippen LogP contribution in [0.5, 0.6) is 0 Å². The van der Waals surface area contributed by atoms with Crippen molar-refractivity contribution in [3.05, 3.63) is 37.0 Å². The fourth-order valence-electron chi connectivity index (χ4n) is 6.80. The molecular weight excluding hydrogens is 987 g/mol. The number of phosphoric acid groups is 3.